The summed E-state index contributed by atoms with van der Waals surface area (Å²) in [6.45, 7) is 13.2. The molecule has 0 heterocycles. The van der Waals surface area contributed by atoms with Gasteiger partial charge in [0.1, 0.15) is 23.3 Å². The first-order valence-electron chi connectivity index (χ1n) is 10.7. The Morgan fingerprint density at radius 1 is 0.844 bits per heavy atom. The first-order chi connectivity index (χ1) is 15.2. The summed E-state index contributed by atoms with van der Waals surface area (Å²) in [6.07, 6.45) is 0. The lowest BCUT2D eigenvalue weighted by Crippen LogP contribution is -2.12. The lowest BCUT2D eigenvalue weighted by molar-refractivity contribution is 0.252. The van der Waals surface area contributed by atoms with E-state index < -0.39 is 0 Å². The van der Waals surface area contributed by atoms with E-state index in [2.05, 4.69) is 26.0 Å². The van der Waals surface area contributed by atoms with Crippen molar-refractivity contribution in [1.29, 1.82) is 10.5 Å². The molecule has 0 saturated carbocycles. The molecule has 0 aromatic heterocycles. The summed E-state index contributed by atoms with van der Waals surface area (Å²) in [6, 6.07) is 12.0. The van der Waals surface area contributed by atoms with E-state index in [4.69, 9.17) is 15.2 Å². The van der Waals surface area contributed by atoms with Gasteiger partial charge in [-0.25, -0.2) is 0 Å². The second-order valence-corrected chi connectivity index (χ2v) is 11.1. The SMILES string of the molecule is CC(C)COc1c(C#N)c(C#N)c(OCC(C)C)c(SC(C)C)c1Sc1ccccc1N. The van der Waals surface area contributed by atoms with Crippen LogP contribution in [0, 0.1) is 34.5 Å². The lowest BCUT2D eigenvalue weighted by Gasteiger charge is -2.23. The maximum Gasteiger partial charge on any atom is 0.153 e. The van der Waals surface area contributed by atoms with E-state index in [0.717, 1.165) is 14.7 Å². The first kappa shape index (κ1) is 25.8. The highest BCUT2D eigenvalue weighted by molar-refractivity contribution is 8.02. The minimum atomic E-state index is 0.206. The molecule has 0 unspecified atom stereocenters. The lowest BCUT2D eigenvalue weighted by atomic mass is 10.1. The predicted molar refractivity (Wildman–Crippen MR) is 133 cm³/mol. The zero-order chi connectivity index (χ0) is 23.8. The second kappa shape index (κ2) is 11.9. The summed E-state index contributed by atoms with van der Waals surface area (Å²) in [5, 5.41) is 20.3. The maximum absolute atomic E-state index is 10.0. The summed E-state index contributed by atoms with van der Waals surface area (Å²) in [4.78, 5) is 2.43. The van der Waals surface area contributed by atoms with Crippen LogP contribution in [0.2, 0.25) is 0 Å². The number of anilines is 1. The van der Waals surface area contributed by atoms with Gasteiger partial charge in [0.15, 0.2) is 11.5 Å². The summed E-state index contributed by atoms with van der Waals surface area (Å²) < 4.78 is 12.3. The maximum atomic E-state index is 10.0. The minimum absolute atomic E-state index is 0.206. The third-order valence-electron chi connectivity index (χ3n) is 4.15. The van der Waals surface area contributed by atoms with Gasteiger partial charge in [-0.15, -0.1) is 11.8 Å². The molecular formula is C25H31N3O2S2. The molecule has 0 aliphatic carbocycles. The van der Waals surface area contributed by atoms with E-state index >= 15 is 0 Å². The number of nitriles is 2. The molecule has 2 aromatic carbocycles. The van der Waals surface area contributed by atoms with Gasteiger partial charge in [-0.3, -0.25) is 0 Å². The largest absolute Gasteiger partial charge is 0.491 e. The minimum Gasteiger partial charge on any atom is -0.491 e. The highest BCUT2D eigenvalue weighted by Gasteiger charge is 2.29. The quantitative estimate of drug-likeness (QED) is 0.304. The van der Waals surface area contributed by atoms with Gasteiger partial charge in [0.05, 0.1) is 23.0 Å². The third kappa shape index (κ3) is 6.51. The van der Waals surface area contributed by atoms with E-state index in [-0.39, 0.29) is 28.2 Å². The molecule has 0 atom stereocenters. The molecule has 170 valence electrons. The zero-order valence-electron chi connectivity index (χ0n) is 19.6. The monoisotopic (exact) mass is 469 g/mol. The summed E-state index contributed by atoms with van der Waals surface area (Å²) in [5.41, 5.74) is 7.31. The molecule has 0 saturated heterocycles. The zero-order valence-corrected chi connectivity index (χ0v) is 21.2. The summed E-state index contributed by atoms with van der Waals surface area (Å²) in [5.74, 6) is 1.39. The normalized spacial score (nSPS) is 11.0. The number of benzene rings is 2. The number of hydrogen-bond donors (Lipinski definition) is 1. The number of para-hydroxylation sites is 1. The van der Waals surface area contributed by atoms with E-state index in [1.165, 1.54) is 11.8 Å². The van der Waals surface area contributed by atoms with Gasteiger partial charge < -0.3 is 15.2 Å². The number of nitrogens with two attached hydrogens (primary N) is 1. The van der Waals surface area contributed by atoms with Crippen molar-refractivity contribution in [3.05, 3.63) is 35.4 Å². The molecule has 2 N–H and O–H groups in total. The number of thioether (sulfide) groups is 1. The Kier molecular flexibility index (Phi) is 9.62. The van der Waals surface area contributed by atoms with Crippen molar-refractivity contribution < 1.29 is 9.47 Å². The van der Waals surface area contributed by atoms with Crippen molar-refractivity contribution in [3.63, 3.8) is 0 Å². The van der Waals surface area contributed by atoms with Gasteiger partial charge in [0.2, 0.25) is 0 Å². The molecule has 0 radical (unpaired) electrons. The highest BCUT2D eigenvalue weighted by atomic mass is 32.2. The number of ether oxygens (including phenoxy) is 2. The van der Waals surface area contributed by atoms with Gasteiger partial charge in [0.25, 0.3) is 0 Å². The molecule has 2 aromatic rings. The molecule has 0 spiro atoms. The van der Waals surface area contributed by atoms with Crippen LogP contribution in [0.5, 0.6) is 11.5 Å². The molecule has 0 aliphatic heterocycles. The van der Waals surface area contributed by atoms with Crippen molar-refractivity contribution in [2.24, 2.45) is 11.8 Å². The smallest absolute Gasteiger partial charge is 0.153 e. The average Bonchev–Trinajstić information content (AvgIpc) is 2.73. The number of hydrogen-bond acceptors (Lipinski definition) is 7. The van der Waals surface area contributed by atoms with Crippen LogP contribution in [-0.2, 0) is 0 Å². The van der Waals surface area contributed by atoms with Gasteiger partial charge in [-0.1, -0.05) is 65.4 Å². The number of nitrogen functional groups attached to an aromatic ring is 1. The van der Waals surface area contributed by atoms with Crippen LogP contribution < -0.4 is 15.2 Å². The fourth-order valence-corrected chi connectivity index (χ4v) is 4.97. The van der Waals surface area contributed by atoms with Crippen LogP contribution in [0.15, 0.2) is 39.0 Å². The van der Waals surface area contributed by atoms with Crippen LogP contribution >= 0.6 is 23.5 Å². The molecule has 0 fully saturated rings. The molecule has 5 nitrogen and oxygen atoms in total. The van der Waals surface area contributed by atoms with Crippen LogP contribution in [-0.4, -0.2) is 18.5 Å². The Balaban J connectivity index is 2.86. The van der Waals surface area contributed by atoms with Crippen LogP contribution in [0.1, 0.15) is 52.7 Å². The molecule has 32 heavy (non-hydrogen) atoms. The Bertz CT molecular complexity index is 1020. The van der Waals surface area contributed by atoms with Crippen LogP contribution in [0.4, 0.5) is 5.69 Å². The third-order valence-corrected chi connectivity index (χ3v) is 6.56. The van der Waals surface area contributed by atoms with E-state index in [0.29, 0.717) is 30.4 Å². The topological polar surface area (TPSA) is 92.1 Å². The fraction of sp³-hybridized carbons (Fsp3) is 0.440. The van der Waals surface area contributed by atoms with Crippen molar-refractivity contribution in [3.8, 4) is 23.6 Å². The molecule has 0 amide bonds. The predicted octanol–water partition coefficient (Wildman–Crippen LogP) is 6.73. The first-order valence-corrected chi connectivity index (χ1v) is 12.4. The Hall–Kier alpha value is -2.48. The second-order valence-electron chi connectivity index (χ2n) is 8.51. The Labute approximate surface area is 200 Å². The molecule has 2 rings (SSSR count). The molecular weight excluding hydrogens is 438 g/mol. The Morgan fingerprint density at radius 2 is 1.34 bits per heavy atom. The highest BCUT2D eigenvalue weighted by Crippen LogP contribution is 2.52. The number of rotatable bonds is 10. The van der Waals surface area contributed by atoms with E-state index in [9.17, 15) is 10.5 Å². The van der Waals surface area contributed by atoms with Crippen molar-refractivity contribution >= 4 is 29.2 Å². The average molecular weight is 470 g/mol. The van der Waals surface area contributed by atoms with E-state index in [1.807, 2.05) is 52.0 Å². The standard InChI is InChI=1S/C25H31N3O2S2/c1-15(2)13-29-22-18(11-26)19(12-27)23(30-14-16(3)4)25(24(22)31-17(5)6)32-21-10-8-7-9-20(21)28/h7-10,15-17H,13-14,28H2,1-6H3. The van der Waals surface area contributed by atoms with Crippen molar-refractivity contribution in [2.45, 2.75) is 61.5 Å². The van der Waals surface area contributed by atoms with Gasteiger partial charge in [0, 0.05) is 15.8 Å². The molecule has 0 aliphatic rings. The molecule has 0 bridgehead atoms. The van der Waals surface area contributed by atoms with Gasteiger partial charge in [-0.2, -0.15) is 10.5 Å². The molecule has 7 heteroatoms. The summed E-state index contributed by atoms with van der Waals surface area (Å²) >= 11 is 3.05. The Morgan fingerprint density at radius 3 is 1.78 bits per heavy atom. The van der Waals surface area contributed by atoms with Gasteiger partial charge in [-0.05, 0) is 24.0 Å². The van der Waals surface area contributed by atoms with Gasteiger partial charge >= 0.3 is 0 Å². The van der Waals surface area contributed by atoms with Crippen molar-refractivity contribution in [1.82, 2.24) is 0 Å². The van der Waals surface area contributed by atoms with Crippen LogP contribution in [0.3, 0.4) is 0 Å². The number of nitrogens with zero attached hydrogens (tertiary/aromatic N) is 2. The van der Waals surface area contributed by atoms with E-state index in [1.54, 1.807) is 11.8 Å². The van der Waals surface area contributed by atoms with Crippen LogP contribution in [0.25, 0.3) is 0 Å². The summed E-state index contributed by atoms with van der Waals surface area (Å²) in [7, 11) is 0. The van der Waals surface area contributed by atoms with Crippen molar-refractivity contribution in [2.75, 3.05) is 18.9 Å². The fourth-order valence-electron chi connectivity index (χ4n) is 2.77.